The molecule has 3 aromatic rings. The predicted molar refractivity (Wildman–Crippen MR) is 125 cm³/mol. The van der Waals surface area contributed by atoms with Crippen LogP contribution in [0.2, 0.25) is 0 Å². The van der Waals surface area contributed by atoms with E-state index in [1.807, 2.05) is 44.2 Å². The first-order chi connectivity index (χ1) is 14.9. The lowest BCUT2D eigenvalue weighted by Crippen LogP contribution is -2.07. The van der Waals surface area contributed by atoms with Crippen LogP contribution in [0.5, 0.6) is 17.2 Å². The van der Waals surface area contributed by atoms with Gasteiger partial charge in [-0.1, -0.05) is 66.8 Å². The molecule has 0 radical (unpaired) electrons. The Kier molecular flexibility index (Phi) is 6.22. The molecule has 1 aliphatic carbocycles. The summed E-state index contributed by atoms with van der Waals surface area (Å²) in [6.07, 6.45) is 6.94. The molecule has 0 aromatic heterocycles. The number of hydrogen-bond acceptors (Lipinski definition) is 3. The minimum absolute atomic E-state index is 0.256. The van der Waals surface area contributed by atoms with Gasteiger partial charge >= 0.3 is 0 Å². The molecule has 31 heavy (non-hydrogen) atoms. The lowest BCUT2D eigenvalue weighted by molar-refractivity contribution is 0.411. The molecule has 3 aromatic carbocycles. The predicted octanol–water partition coefficient (Wildman–Crippen LogP) is 6.65. The number of hydrogen-bond donors (Lipinski definition) is 3. The molecule has 1 aliphatic rings. The van der Waals surface area contributed by atoms with E-state index in [1.54, 1.807) is 12.1 Å². The summed E-state index contributed by atoms with van der Waals surface area (Å²) in [6, 6.07) is 15.4. The van der Waals surface area contributed by atoms with E-state index < -0.39 is 0 Å². The maximum absolute atomic E-state index is 11.2. The maximum Gasteiger partial charge on any atom is 0.122 e. The normalized spacial score (nSPS) is 14.6. The van der Waals surface area contributed by atoms with Crippen molar-refractivity contribution in [3.05, 3.63) is 87.5 Å². The highest BCUT2D eigenvalue weighted by Crippen LogP contribution is 2.41. The average Bonchev–Trinajstić information content (AvgIpc) is 2.76. The standard InChI is InChI=1S/C28H32O3/c1-18-8-10-26(29)22(12-18)14-20-15-24(17-23-13-19(2)9-11-27(23)30)28(31)25(16-20)21-6-4-3-5-7-21/h8-13,15-16,21,29-31H,3-7,14,17H2,1-2H3. The highest BCUT2D eigenvalue weighted by atomic mass is 16.3. The van der Waals surface area contributed by atoms with E-state index in [9.17, 15) is 15.3 Å². The Labute approximate surface area is 185 Å². The van der Waals surface area contributed by atoms with Crippen LogP contribution in [0.4, 0.5) is 0 Å². The summed E-state index contributed by atoms with van der Waals surface area (Å²) in [5.74, 6) is 1.29. The molecular formula is C28H32O3. The Balaban J connectivity index is 1.76. The van der Waals surface area contributed by atoms with Gasteiger partial charge in [-0.15, -0.1) is 0 Å². The number of aromatic hydroxyl groups is 3. The molecule has 0 saturated heterocycles. The van der Waals surface area contributed by atoms with E-state index in [4.69, 9.17) is 0 Å². The average molecular weight is 417 g/mol. The van der Waals surface area contributed by atoms with Crippen molar-refractivity contribution in [3.63, 3.8) is 0 Å². The Morgan fingerprint density at radius 3 is 1.87 bits per heavy atom. The van der Waals surface area contributed by atoms with Crippen LogP contribution in [-0.2, 0) is 12.8 Å². The van der Waals surface area contributed by atoms with Crippen LogP contribution in [0.3, 0.4) is 0 Å². The van der Waals surface area contributed by atoms with Crippen molar-refractivity contribution in [2.24, 2.45) is 0 Å². The molecule has 0 unspecified atom stereocenters. The highest BCUT2D eigenvalue weighted by molar-refractivity contribution is 5.51. The van der Waals surface area contributed by atoms with Gasteiger partial charge in [-0.3, -0.25) is 0 Å². The second kappa shape index (κ2) is 9.05. The number of phenolic OH excluding ortho intramolecular Hbond substituents is 3. The van der Waals surface area contributed by atoms with Gasteiger partial charge in [0.15, 0.2) is 0 Å². The molecule has 0 atom stereocenters. The van der Waals surface area contributed by atoms with Gasteiger partial charge in [-0.25, -0.2) is 0 Å². The zero-order valence-electron chi connectivity index (χ0n) is 18.5. The van der Waals surface area contributed by atoms with E-state index in [0.29, 0.717) is 30.3 Å². The first-order valence-electron chi connectivity index (χ1n) is 11.3. The first kappa shape index (κ1) is 21.3. The molecule has 162 valence electrons. The van der Waals surface area contributed by atoms with Crippen LogP contribution < -0.4 is 0 Å². The third-order valence-electron chi connectivity index (χ3n) is 6.57. The second-order valence-corrected chi connectivity index (χ2v) is 9.15. The van der Waals surface area contributed by atoms with Crippen LogP contribution in [0.25, 0.3) is 0 Å². The monoisotopic (exact) mass is 416 g/mol. The second-order valence-electron chi connectivity index (χ2n) is 9.15. The van der Waals surface area contributed by atoms with Gasteiger partial charge in [-0.05, 0) is 72.6 Å². The maximum atomic E-state index is 11.2. The van der Waals surface area contributed by atoms with Crippen molar-refractivity contribution in [2.45, 2.75) is 64.7 Å². The number of benzene rings is 3. The Morgan fingerprint density at radius 1 is 0.677 bits per heavy atom. The lowest BCUT2D eigenvalue weighted by atomic mass is 9.81. The quantitative estimate of drug-likeness (QED) is 0.436. The topological polar surface area (TPSA) is 60.7 Å². The number of phenols is 3. The van der Waals surface area contributed by atoms with Gasteiger partial charge in [0.1, 0.15) is 17.2 Å². The molecule has 3 heteroatoms. The van der Waals surface area contributed by atoms with E-state index in [1.165, 1.54) is 19.3 Å². The molecule has 0 amide bonds. The summed E-state index contributed by atoms with van der Waals surface area (Å²) < 4.78 is 0. The molecular weight excluding hydrogens is 384 g/mol. The Bertz CT molecular complexity index is 1080. The molecule has 0 spiro atoms. The van der Waals surface area contributed by atoms with E-state index in [0.717, 1.165) is 51.8 Å². The number of rotatable bonds is 5. The molecule has 0 aliphatic heterocycles. The van der Waals surface area contributed by atoms with E-state index >= 15 is 0 Å². The van der Waals surface area contributed by atoms with Crippen LogP contribution >= 0.6 is 0 Å². The van der Waals surface area contributed by atoms with Crippen molar-refractivity contribution < 1.29 is 15.3 Å². The fourth-order valence-corrected chi connectivity index (χ4v) is 4.89. The summed E-state index contributed by atoms with van der Waals surface area (Å²) >= 11 is 0. The van der Waals surface area contributed by atoms with Crippen LogP contribution in [-0.4, -0.2) is 15.3 Å². The van der Waals surface area contributed by atoms with Gasteiger partial charge in [0.2, 0.25) is 0 Å². The molecule has 3 N–H and O–H groups in total. The van der Waals surface area contributed by atoms with Crippen molar-refractivity contribution >= 4 is 0 Å². The van der Waals surface area contributed by atoms with Crippen molar-refractivity contribution in [3.8, 4) is 17.2 Å². The van der Waals surface area contributed by atoms with Crippen LogP contribution in [0, 0.1) is 13.8 Å². The van der Waals surface area contributed by atoms with Crippen molar-refractivity contribution in [1.82, 2.24) is 0 Å². The fourth-order valence-electron chi connectivity index (χ4n) is 4.89. The third-order valence-corrected chi connectivity index (χ3v) is 6.57. The zero-order valence-corrected chi connectivity index (χ0v) is 18.5. The molecule has 1 saturated carbocycles. The minimum Gasteiger partial charge on any atom is -0.508 e. The van der Waals surface area contributed by atoms with Crippen LogP contribution in [0.15, 0.2) is 48.5 Å². The largest absolute Gasteiger partial charge is 0.508 e. The SMILES string of the molecule is Cc1ccc(O)c(Cc2cc(Cc3cc(C)ccc3O)c(O)c(C3CCCCC3)c2)c1. The van der Waals surface area contributed by atoms with Gasteiger partial charge in [0, 0.05) is 12.8 Å². The minimum atomic E-state index is 0.256. The lowest BCUT2D eigenvalue weighted by Gasteiger charge is -2.25. The molecule has 3 nitrogen and oxygen atoms in total. The van der Waals surface area contributed by atoms with E-state index in [2.05, 4.69) is 6.07 Å². The first-order valence-corrected chi connectivity index (χ1v) is 11.3. The summed E-state index contributed by atoms with van der Waals surface area (Å²) in [5.41, 5.74) is 6.86. The fraction of sp³-hybridized carbons (Fsp3) is 0.357. The summed E-state index contributed by atoms with van der Waals surface area (Å²) in [7, 11) is 0. The highest BCUT2D eigenvalue weighted by Gasteiger charge is 2.22. The summed E-state index contributed by atoms with van der Waals surface area (Å²) in [5, 5.41) is 31.9. The van der Waals surface area contributed by atoms with Gasteiger partial charge in [0.25, 0.3) is 0 Å². The van der Waals surface area contributed by atoms with E-state index in [-0.39, 0.29) is 5.75 Å². The van der Waals surface area contributed by atoms with Gasteiger partial charge < -0.3 is 15.3 Å². The van der Waals surface area contributed by atoms with Gasteiger partial charge in [-0.2, -0.15) is 0 Å². The summed E-state index contributed by atoms with van der Waals surface area (Å²) in [6.45, 7) is 4.03. The molecule has 4 rings (SSSR count). The van der Waals surface area contributed by atoms with Gasteiger partial charge in [0.05, 0.1) is 0 Å². The van der Waals surface area contributed by atoms with Crippen LogP contribution in [0.1, 0.15) is 77.0 Å². The zero-order chi connectivity index (χ0) is 22.0. The smallest absolute Gasteiger partial charge is 0.122 e. The van der Waals surface area contributed by atoms with Crippen molar-refractivity contribution in [2.75, 3.05) is 0 Å². The third kappa shape index (κ3) is 4.87. The molecule has 0 heterocycles. The Morgan fingerprint density at radius 2 is 1.26 bits per heavy atom. The Hall–Kier alpha value is -2.94. The summed E-state index contributed by atoms with van der Waals surface area (Å²) in [4.78, 5) is 0. The number of aryl methyl sites for hydroxylation is 2. The van der Waals surface area contributed by atoms with Crippen molar-refractivity contribution in [1.29, 1.82) is 0 Å². The molecule has 1 fully saturated rings. The molecule has 0 bridgehead atoms.